The molecular formula is C42H73N13O16S2. The fourth-order valence-electron chi connectivity index (χ4n) is 6.38. The molecule has 0 aromatic carbocycles. The van der Waals surface area contributed by atoms with Gasteiger partial charge >= 0.3 is 5.97 Å². The molecule has 0 aromatic heterocycles. The van der Waals surface area contributed by atoms with Crippen LogP contribution in [0.2, 0.25) is 0 Å². The van der Waals surface area contributed by atoms with Gasteiger partial charge in [0.1, 0.15) is 54.4 Å². The van der Waals surface area contributed by atoms with E-state index in [1.807, 2.05) is 0 Å². The third-order valence-electron chi connectivity index (χ3n) is 10.3. The highest BCUT2D eigenvalue weighted by Crippen LogP contribution is 2.10. The number of carboxylic acids is 1. The number of rotatable bonds is 35. The lowest BCUT2D eigenvalue weighted by atomic mass is 10.0. The van der Waals surface area contributed by atoms with Crippen molar-refractivity contribution in [1.29, 1.82) is 0 Å². The van der Waals surface area contributed by atoms with Gasteiger partial charge in [-0.1, -0.05) is 13.8 Å². The molecule has 31 heteroatoms. The minimum atomic E-state index is -1.77. The van der Waals surface area contributed by atoms with Gasteiger partial charge in [0.05, 0.1) is 25.2 Å². The third-order valence-corrected chi connectivity index (χ3v) is 11.0. The number of primary amides is 2. The van der Waals surface area contributed by atoms with Crippen LogP contribution in [-0.4, -0.2) is 183 Å². The van der Waals surface area contributed by atoms with E-state index < -0.39 is 169 Å². The number of carbonyl (C=O) groups is 13. The second-order valence-electron chi connectivity index (χ2n) is 17.3. The first-order valence-electron chi connectivity index (χ1n) is 23.0. The normalized spacial score (nSPS) is 15.5. The predicted octanol–water partition coefficient (Wildman–Crippen LogP) is -7.47. The van der Waals surface area contributed by atoms with Gasteiger partial charge in [-0.3, -0.25) is 62.3 Å². The number of aliphatic hydroxyl groups excluding tert-OH is 2. The van der Waals surface area contributed by atoms with E-state index in [1.165, 1.54) is 6.92 Å². The fraction of sp³-hybridized carbons (Fsp3) is 0.690. The fourth-order valence-corrected chi connectivity index (χ4v) is 6.91. The number of carboxylic acid groups (broad SMARTS) is 1. The highest BCUT2D eigenvalue weighted by atomic mass is 32.1. The molecule has 12 amide bonds. The first-order valence-corrected chi connectivity index (χ1v) is 24.3. The average Bonchev–Trinajstić information content (AvgIpc) is 3.29. The van der Waals surface area contributed by atoms with E-state index in [-0.39, 0.29) is 43.2 Å². The summed E-state index contributed by atoms with van der Waals surface area (Å²) in [4.78, 5) is 166. The minimum absolute atomic E-state index is 0.0237. The molecular weight excluding hydrogens is 1010 g/mol. The van der Waals surface area contributed by atoms with Crippen LogP contribution in [0.1, 0.15) is 86.5 Å². The van der Waals surface area contributed by atoms with Crippen LogP contribution in [0.4, 0.5) is 0 Å². The second kappa shape index (κ2) is 34.2. The maximum absolute atomic E-state index is 13.8. The highest BCUT2D eigenvalue weighted by molar-refractivity contribution is 7.80. The Morgan fingerprint density at radius 3 is 1.45 bits per heavy atom. The third kappa shape index (κ3) is 26.3. The monoisotopic (exact) mass is 1080 g/mol. The molecule has 19 N–H and O–H groups in total. The van der Waals surface area contributed by atoms with Crippen molar-refractivity contribution in [2.45, 2.75) is 153 Å². The van der Waals surface area contributed by atoms with Gasteiger partial charge < -0.3 is 85.7 Å². The lowest BCUT2D eigenvalue weighted by Crippen LogP contribution is -2.61. The van der Waals surface area contributed by atoms with E-state index in [1.54, 1.807) is 13.8 Å². The Morgan fingerprint density at radius 1 is 0.521 bits per heavy atom. The summed E-state index contributed by atoms with van der Waals surface area (Å²) in [5.41, 5.74) is 16.3. The Bertz CT molecular complexity index is 1960. The van der Waals surface area contributed by atoms with Gasteiger partial charge in [-0.15, -0.1) is 0 Å². The number of hydrogen-bond acceptors (Lipinski definition) is 18. The number of nitrogens with two attached hydrogens (primary N) is 3. The molecule has 0 heterocycles. The average molecular weight is 1080 g/mol. The van der Waals surface area contributed by atoms with Crippen LogP contribution in [0, 0.1) is 5.92 Å². The number of thiol groups is 2. The van der Waals surface area contributed by atoms with Crippen LogP contribution in [0.15, 0.2) is 0 Å². The number of unbranched alkanes of at least 4 members (excludes halogenated alkanes) is 1. The summed E-state index contributed by atoms with van der Waals surface area (Å²) < 4.78 is 0. The van der Waals surface area contributed by atoms with E-state index in [0.717, 1.165) is 20.8 Å². The van der Waals surface area contributed by atoms with E-state index in [2.05, 4.69) is 78.4 Å². The number of amides is 12. The van der Waals surface area contributed by atoms with Crippen molar-refractivity contribution >= 4 is 102 Å². The first kappa shape index (κ1) is 66.7. The topological polar surface area (TPSA) is 481 Å². The Morgan fingerprint density at radius 2 is 0.986 bits per heavy atom. The van der Waals surface area contributed by atoms with Gasteiger partial charge in [0, 0.05) is 24.9 Å². The highest BCUT2D eigenvalue weighted by Gasteiger charge is 2.36. The summed E-state index contributed by atoms with van der Waals surface area (Å²) in [6.07, 6.45) is -4.59. The van der Waals surface area contributed by atoms with Crippen LogP contribution < -0.4 is 70.4 Å². The molecule has 0 spiro atoms. The van der Waals surface area contributed by atoms with Crippen molar-refractivity contribution in [3.63, 3.8) is 0 Å². The van der Waals surface area contributed by atoms with E-state index in [9.17, 15) is 77.6 Å². The summed E-state index contributed by atoms with van der Waals surface area (Å²) in [6.45, 7) is 7.31. The number of carbonyl (C=O) groups excluding carboxylic acids is 12. The first-order chi connectivity index (χ1) is 34.0. The molecule has 0 unspecified atom stereocenters. The predicted molar refractivity (Wildman–Crippen MR) is 265 cm³/mol. The van der Waals surface area contributed by atoms with Crippen LogP contribution in [0.25, 0.3) is 0 Å². The van der Waals surface area contributed by atoms with Gasteiger partial charge in [0.15, 0.2) is 0 Å². The van der Waals surface area contributed by atoms with Crippen molar-refractivity contribution in [1.82, 2.24) is 53.2 Å². The summed E-state index contributed by atoms with van der Waals surface area (Å²) in [5, 5.41) is 52.9. The number of nitrogens with one attached hydrogen (secondary N) is 10. The van der Waals surface area contributed by atoms with Gasteiger partial charge in [-0.25, -0.2) is 0 Å². The molecule has 0 saturated carbocycles. The van der Waals surface area contributed by atoms with Crippen molar-refractivity contribution in [3.8, 4) is 0 Å². The largest absolute Gasteiger partial charge is 0.481 e. The molecule has 73 heavy (non-hydrogen) atoms. The molecule has 0 radical (unpaired) electrons. The van der Waals surface area contributed by atoms with Crippen LogP contribution in [0.5, 0.6) is 0 Å². The molecule has 0 aromatic rings. The molecule has 0 bridgehead atoms. The zero-order chi connectivity index (χ0) is 56.3. The Hall–Kier alpha value is -6.31. The van der Waals surface area contributed by atoms with Crippen molar-refractivity contribution in [2.24, 2.45) is 23.1 Å². The van der Waals surface area contributed by atoms with Crippen LogP contribution in [-0.2, 0) is 62.3 Å². The lowest BCUT2D eigenvalue weighted by Gasteiger charge is -2.28. The van der Waals surface area contributed by atoms with Gasteiger partial charge in [0.25, 0.3) is 0 Å². The second-order valence-corrected chi connectivity index (χ2v) is 18.0. The Kier molecular flexibility index (Phi) is 31.2. The summed E-state index contributed by atoms with van der Waals surface area (Å²) in [7, 11) is 0. The molecule has 0 aliphatic heterocycles. The minimum Gasteiger partial charge on any atom is -0.481 e. The van der Waals surface area contributed by atoms with Crippen molar-refractivity contribution in [2.75, 3.05) is 24.6 Å². The van der Waals surface area contributed by atoms with E-state index in [4.69, 9.17) is 17.2 Å². The maximum Gasteiger partial charge on any atom is 0.303 e. The lowest BCUT2D eigenvalue weighted by molar-refractivity contribution is -0.138. The SMILES string of the molecule is CC(=O)N[C@@H](CS)C(=O)N[C@H](C(=O)N[C@@H](C)C(=O)N[C@@H](CCC(=O)O)C(=O)NCC(=O)N[C@@H](CC(N)=O)C(=O)N[C@@H](CCCCN)C(=O)N[C@@H](CC(C)C)C(=O)N[C@H](C(=O)N[C@@H](CS)C(N)=O)[C@@H](C)O)[C@@H](C)O. The molecule has 0 aliphatic rings. The van der Waals surface area contributed by atoms with Crippen LogP contribution >= 0.6 is 25.3 Å². The van der Waals surface area contributed by atoms with Gasteiger partial charge in [0.2, 0.25) is 70.9 Å². The van der Waals surface area contributed by atoms with Crippen molar-refractivity contribution in [3.05, 3.63) is 0 Å². The zero-order valence-corrected chi connectivity index (χ0v) is 43.3. The van der Waals surface area contributed by atoms with Crippen LogP contribution in [0.3, 0.4) is 0 Å². The number of aliphatic hydroxyl groups is 2. The number of aliphatic carboxylic acids is 1. The number of hydrogen-bond donors (Lipinski definition) is 18. The Labute approximate surface area is 432 Å². The summed E-state index contributed by atoms with van der Waals surface area (Å²) >= 11 is 7.95. The molecule has 29 nitrogen and oxygen atoms in total. The van der Waals surface area contributed by atoms with E-state index >= 15 is 0 Å². The van der Waals surface area contributed by atoms with Gasteiger partial charge in [-0.05, 0) is 65.3 Å². The molecule has 0 saturated heterocycles. The summed E-state index contributed by atoms with van der Waals surface area (Å²) in [6, 6.07) is -13.4. The zero-order valence-electron chi connectivity index (χ0n) is 41.5. The molecule has 0 fully saturated rings. The summed E-state index contributed by atoms with van der Waals surface area (Å²) in [5.74, 6) is -13.8. The van der Waals surface area contributed by atoms with E-state index in [0.29, 0.717) is 6.42 Å². The Balaban J connectivity index is 6.22. The van der Waals surface area contributed by atoms with Gasteiger partial charge in [-0.2, -0.15) is 25.3 Å². The smallest absolute Gasteiger partial charge is 0.303 e. The maximum atomic E-state index is 13.8. The molecule has 0 rings (SSSR count). The molecule has 414 valence electrons. The molecule has 11 atom stereocenters. The van der Waals surface area contributed by atoms with Crippen molar-refractivity contribution < 1.29 is 77.6 Å². The quantitative estimate of drug-likeness (QED) is 0.0207. The standard InChI is InChI=1S/C42H73N13O16S2/c1-18(2)13-25(39(68)54-33(21(5)57)42(71)53-27(16-72)34(45)63)52-37(66)23(9-7-8-12-43)51-38(67)26(14-29(44)59)49-30(60)15-46-36(65)24(10-11-31(61)62)50-35(64)19(3)47-41(70)32(20(4)56)55-40(69)28(17-73)48-22(6)58/h18-21,23-28,32-33,56-57,72-73H,7-17,43H2,1-6H3,(H2,44,59)(H2,45,63)(H,46,65)(H,47,70)(H,48,58)(H,49,60)(H,50,64)(H,51,67)(H,52,66)(H,53,71)(H,54,68)(H,55,69)(H,61,62)/t19-,20+,21+,23-,24-,25-,26-,27-,28-,32-,33-/m0/s1. The molecule has 0 aliphatic carbocycles.